The number of amides is 1. The number of anilines is 1. The van der Waals surface area contributed by atoms with E-state index in [4.69, 9.17) is 4.74 Å². The van der Waals surface area contributed by atoms with Crippen molar-refractivity contribution < 1.29 is 13.9 Å². The van der Waals surface area contributed by atoms with Gasteiger partial charge in [0, 0.05) is 44.0 Å². The summed E-state index contributed by atoms with van der Waals surface area (Å²) in [4.78, 5) is 17.0. The molecule has 0 unspecified atom stereocenters. The van der Waals surface area contributed by atoms with Gasteiger partial charge in [-0.1, -0.05) is 17.7 Å². The van der Waals surface area contributed by atoms with Crippen LogP contribution in [0.1, 0.15) is 22.3 Å². The predicted molar refractivity (Wildman–Crippen MR) is 114 cm³/mol. The van der Waals surface area contributed by atoms with Crippen molar-refractivity contribution in [1.82, 2.24) is 9.80 Å². The molecule has 1 heterocycles. The van der Waals surface area contributed by atoms with E-state index in [0.717, 1.165) is 48.6 Å². The standard InChI is InChI=1S/C23H30FN3O2/c1-16-11-17(2)23(18(3)12-16)25-22(28)15-27-9-7-26(8-10-27)14-19-13-20(24)5-6-21(19)29-4/h5-6,11-13H,7-10,14-15H2,1-4H3,(H,25,28). The molecule has 29 heavy (non-hydrogen) atoms. The summed E-state index contributed by atoms with van der Waals surface area (Å²) in [5.74, 6) is 0.468. The summed E-state index contributed by atoms with van der Waals surface area (Å²) in [7, 11) is 1.60. The normalized spacial score (nSPS) is 15.3. The molecule has 0 spiro atoms. The fourth-order valence-electron chi connectivity index (χ4n) is 3.98. The van der Waals surface area contributed by atoms with E-state index in [1.807, 2.05) is 13.8 Å². The monoisotopic (exact) mass is 399 g/mol. The summed E-state index contributed by atoms with van der Waals surface area (Å²) < 4.78 is 18.9. The second kappa shape index (κ2) is 9.37. The Morgan fingerprint density at radius 2 is 1.66 bits per heavy atom. The number of aryl methyl sites for hydroxylation is 3. The van der Waals surface area contributed by atoms with E-state index in [2.05, 4.69) is 34.2 Å². The fraction of sp³-hybridized carbons (Fsp3) is 0.435. The zero-order valence-electron chi connectivity index (χ0n) is 17.7. The van der Waals surface area contributed by atoms with Crippen LogP contribution in [0.15, 0.2) is 30.3 Å². The minimum atomic E-state index is -0.252. The van der Waals surface area contributed by atoms with Gasteiger partial charge in [-0.3, -0.25) is 14.6 Å². The Labute approximate surface area is 172 Å². The molecule has 3 rings (SSSR count). The van der Waals surface area contributed by atoms with Crippen molar-refractivity contribution >= 4 is 11.6 Å². The van der Waals surface area contributed by atoms with Gasteiger partial charge in [-0.15, -0.1) is 0 Å². The van der Waals surface area contributed by atoms with E-state index in [0.29, 0.717) is 18.8 Å². The molecular weight excluding hydrogens is 369 g/mol. The van der Waals surface area contributed by atoms with Crippen LogP contribution in [0.4, 0.5) is 10.1 Å². The molecule has 6 heteroatoms. The summed E-state index contributed by atoms with van der Waals surface area (Å²) in [5, 5.41) is 3.07. The molecule has 1 N–H and O–H groups in total. The van der Waals surface area contributed by atoms with Gasteiger partial charge in [-0.25, -0.2) is 4.39 Å². The van der Waals surface area contributed by atoms with Gasteiger partial charge >= 0.3 is 0 Å². The first kappa shape index (κ1) is 21.3. The molecule has 0 saturated carbocycles. The zero-order valence-corrected chi connectivity index (χ0v) is 17.7. The highest BCUT2D eigenvalue weighted by atomic mass is 19.1. The van der Waals surface area contributed by atoms with Gasteiger partial charge in [0.2, 0.25) is 5.91 Å². The van der Waals surface area contributed by atoms with E-state index in [1.54, 1.807) is 13.2 Å². The SMILES string of the molecule is COc1ccc(F)cc1CN1CCN(CC(=O)Nc2c(C)cc(C)cc2C)CC1. The van der Waals surface area contributed by atoms with E-state index < -0.39 is 0 Å². The molecule has 1 aliphatic rings. The van der Waals surface area contributed by atoms with Crippen molar-refractivity contribution in [2.24, 2.45) is 0 Å². The van der Waals surface area contributed by atoms with E-state index in [1.165, 1.54) is 17.7 Å². The average Bonchev–Trinajstić information content (AvgIpc) is 2.66. The van der Waals surface area contributed by atoms with Crippen molar-refractivity contribution in [1.29, 1.82) is 0 Å². The van der Waals surface area contributed by atoms with Crippen LogP contribution in [0.3, 0.4) is 0 Å². The fourth-order valence-corrected chi connectivity index (χ4v) is 3.98. The number of benzene rings is 2. The van der Waals surface area contributed by atoms with Crippen molar-refractivity contribution in [2.45, 2.75) is 27.3 Å². The number of ether oxygens (including phenoxy) is 1. The lowest BCUT2D eigenvalue weighted by molar-refractivity contribution is -0.117. The molecule has 1 saturated heterocycles. The molecular formula is C23H30FN3O2. The average molecular weight is 400 g/mol. The maximum atomic E-state index is 13.6. The number of hydrogen-bond acceptors (Lipinski definition) is 4. The number of piperazine rings is 1. The molecule has 0 bridgehead atoms. The first-order chi connectivity index (χ1) is 13.9. The Balaban J connectivity index is 1.51. The molecule has 0 aromatic heterocycles. The maximum absolute atomic E-state index is 13.6. The quantitative estimate of drug-likeness (QED) is 0.807. The number of hydrogen-bond donors (Lipinski definition) is 1. The molecule has 0 atom stereocenters. The molecule has 156 valence electrons. The van der Waals surface area contributed by atoms with Gasteiger partial charge in [0.15, 0.2) is 0 Å². The third-order valence-corrected chi connectivity index (χ3v) is 5.41. The van der Waals surface area contributed by atoms with Crippen molar-refractivity contribution in [3.63, 3.8) is 0 Å². The highest BCUT2D eigenvalue weighted by molar-refractivity contribution is 5.93. The van der Waals surface area contributed by atoms with Crippen LogP contribution in [0.25, 0.3) is 0 Å². The maximum Gasteiger partial charge on any atom is 0.238 e. The first-order valence-corrected chi connectivity index (χ1v) is 10.0. The first-order valence-electron chi connectivity index (χ1n) is 10.0. The van der Waals surface area contributed by atoms with Gasteiger partial charge in [-0.2, -0.15) is 0 Å². The third-order valence-electron chi connectivity index (χ3n) is 5.41. The second-order valence-corrected chi connectivity index (χ2v) is 7.83. The molecule has 0 aliphatic carbocycles. The largest absolute Gasteiger partial charge is 0.496 e. The number of methoxy groups -OCH3 is 1. The van der Waals surface area contributed by atoms with Crippen LogP contribution >= 0.6 is 0 Å². The minimum Gasteiger partial charge on any atom is -0.496 e. The van der Waals surface area contributed by atoms with E-state index in [9.17, 15) is 9.18 Å². The minimum absolute atomic E-state index is 0.0142. The number of nitrogens with one attached hydrogen (secondary N) is 1. The van der Waals surface area contributed by atoms with Crippen LogP contribution in [0.5, 0.6) is 5.75 Å². The highest BCUT2D eigenvalue weighted by Gasteiger charge is 2.20. The molecule has 2 aromatic rings. The van der Waals surface area contributed by atoms with Crippen molar-refractivity contribution in [3.8, 4) is 5.75 Å². The molecule has 1 aliphatic heterocycles. The van der Waals surface area contributed by atoms with Gasteiger partial charge in [0.25, 0.3) is 0 Å². The molecule has 0 radical (unpaired) electrons. The Kier molecular flexibility index (Phi) is 6.87. The number of rotatable bonds is 6. The van der Waals surface area contributed by atoms with Crippen LogP contribution in [-0.4, -0.2) is 55.5 Å². The summed E-state index contributed by atoms with van der Waals surface area (Å²) in [6, 6.07) is 8.78. The van der Waals surface area contributed by atoms with Crippen LogP contribution in [0, 0.1) is 26.6 Å². The summed E-state index contributed by atoms with van der Waals surface area (Å²) >= 11 is 0. The molecule has 1 amide bonds. The third kappa shape index (κ3) is 5.55. The summed E-state index contributed by atoms with van der Waals surface area (Å²) in [6.45, 7) is 10.4. The lowest BCUT2D eigenvalue weighted by Gasteiger charge is -2.34. The van der Waals surface area contributed by atoms with E-state index in [-0.39, 0.29) is 11.7 Å². The number of halogens is 1. The van der Waals surface area contributed by atoms with Gasteiger partial charge in [-0.05, 0) is 50.1 Å². The number of carbonyl (C=O) groups excluding carboxylic acids is 1. The molecule has 5 nitrogen and oxygen atoms in total. The number of nitrogens with zero attached hydrogens (tertiary/aromatic N) is 2. The van der Waals surface area contributed by atoms with Crippen LogP contribution in [-0.2, 0) is 11.3 Å². The van der Waals surface area contributed by atoms with Crippen LogP contribution in [0.2, 0.25) is 0 Å². The Morgan fingerprint density at radius 1 is 1.03 bits per heavy atom. The topological polar surface area (TPSA) is 44.8 Å². The van der Waals surface area contributed by atoms with Gasteiger partial charge in [0.1, 0.15) is 11.6 Å². The molecule has 2 aromatic carbocycles. The van der Waals surface area contributed by atoms with Gasteiger partial charge in [0.05, 0.1) is 13.7 Å². The van der Waals surface area contributed by atoms with Gasteiger partial charge < -0.3 is 10.1 Å². The second-order valence-electron chi connectivity index (χ2n) is 7.83. The lowest BCUT2D eigenvalue weighted by atomic mass is 10.1. The Bertz CT molecular complexity index is 853. The predicted octanol–water partition coefficient (Wildman–Crippen LogP) is 3.52. The molecule has 1 fully saturated rings. The zero-order chi connectivity index (χ0) is 21.0. The van der Waals surface area contributed by atoms with Crippen molar-refractivity contribution in [3.05, 3.63) is 58.4 Å². The lowest BCUT2D eigenvalue weighted by Crippen LogP contribution is -2.48. The van der Waals surface area contributed by atoms with Crippen molar-refractivity contribution in [2.75, 3.05) is 45.2 Å². The Hall–Kier alpha value is -2.44. The van der Waals surface area contributed by atoms with E-state index >= 15 is 0 Å². The highest BCUT2D eigenvalue weighted by Crippen LogP contribution is 2.23. The van der Waals surface area contributed by atoms with Crippen LogP contribution < -0.4 is 10.1 Å². The summed E-state index contributed by atoms with van der Waals surface area (Å²) in [6.07, 6.45) is 0. The summed E-state index contributed by atoms with van der Waals surface area (Å²) in [5.41, 5.74) is 5.14. The number of carbonyl (C=O) groups is 1. The Morgan fingerprint density at radius 3 is 2.28 bits per heavy atom. The smallest absolute Gasteiger partial charge is 0.238 e.